The third-order valence-corrected chi connectivity index (χ3v) is 4.49. The normalized spacial score (nSPS) is 10.8. The van der Waals surface area contributed by atoms with E-state index in [4.69, 9.17) is 4.74 Å². The van der Waals surface area contributed by atoms with Gasteiger partial charge < -0.3 is 10.1 Å². The second-order valence-electron chi connectivity index (χ2n) is 5.21. The molecule has 0 fully saturated rings. The lowest BCUT2D eigenvalue weighted by Gasteiger charge is -2.09. The molecule has 0 aliphatic rings. The van der Waals surface area contributed by atoms with Crippen molar-refractivity contribution in [3.63, 3.8) is 0 Å². The summed E-state index contributed by atoms with van der Waals surface area (Å²) in [6, 6.07) is 21.6. The van der Waals surface area contributed by atoms with Crippen molar-refractivity contribution in [3.05, 3.63) is 66.7 Å². The van der Waals surface area contributed by atoms with Gasteiger partial charge in [0.25, 0.3) is 5.95 Å². The Morgan fingerprint density at radius 3 is 2.56 bits per heavy atom. The molecule has 0 spiro atoms. The first-order chi connectivity index (χ1) is 12.3. The summed E-state index contributed by atoms with van der Waals surface area (Å²) < 4.78 is 7.06. The number of ether oxygens (including phenoxy) is 1. The van der Waals surface area contributed by atoms with Gasteiger partial charge in [-0.25, -0.2) is 0 Å². The number of anilines is 2. The Morgan fingerprint density at radius 1 is 0.920 bits per heavy atom. The minimum absolute atomic E-state index is 0.537. The van der Waals surface area contributed by atoms with Crippen LogP contribution < -0.4 is 10.1 Å². The summed E-state index contributed by atoms with van der Waals surface area (Å²) in [6.45, 7) is 0. The second kappa shape index (κ2) is 6.82. The van der Waals surface area contributed by atoms with Crippen LogP contribution in [0.5, 0.6) is 5.75 Å². The van der Waals surface area contributed by atoms with Crippen LogP contribution in [0.1, 0.15) is 0 Å². The lowest BCUT2D eigenvalue weighted by Crippen LogP contribution is -2.01. The number of methoxy groups -OCH3 is 1. The van der Waals surface area contributed by atoms with E-state index in [1.807, 2.05) is 54.6 Å². The summed E-state index contributed by atoms with van der Waals surface area (Å²) in [6.07, 6.45) is 0. The summed E-state index contributed by atoms with van der Waals surface area (Å²) in [7, 11) is 1.63. The average Bonchev–Trinajstić information content (AvgIpc) is 3.05. The predicted octanol–water partition coefficient (Wildman–Crippen LogP) is 4.03. The number of nitrogens with one attached hydrogen (secondary N) is 1. The molecule has 4 aromatic rings. The highest BCUT2D eigenvalue weighted by Crippen LogP contribution is 2.28. The fourth-order valence-corrected chi connectivity index (χ4v) is 3.18. The zero-order valence-electron chi connectivity index (χ0n) is 13.5. The topological polar surface area (TPSA) is 64.3 Å². The van der Waals surface area contributed by atoms with Crippen LogP contribution in [0.15, 0.2) is 76.7 Å². The molecule has 0 unspecified atom stereocenters. The molecule has 2 aromatic heterocycles. The Morgan fingerprint density at radius 2 is 1.72 bits per heavy atom. The van der Waals surface area contributed by atoms with E-state index in [9.17, 15) is 0 Å². The van der Waals surface area contributed by atoms with Crippen molar-refractivity contribution in [1.29, 1.82) is 0 Å². The first-order valence-electron chi connectivity index (χ1n) is 7.69. The molecule has 0 radical (unpaired) electrons. The average molecular weight is 349 g/mol. The van der Waals surface area contributed by atoms with Crippen molar-refractivity contribution in [2.24, 2.45) is 0 Å². The largest absolute Gasteiger partial charge is 0.495 e. The van der Waals surface area contributed by atoms with Gasteiger partial charge in [0.1, 0.15) is 10.8 Å². The molecule has 0 saturated heterocycles. The second-order valence-corrected chi connectivity index (χ2v) is 6.30. The number of benzene rings is 2. The van der Waals surface area contributed by atoms with E-state index in [-0.39, 0.29) is 0 Å². The third-order valence-electron chi connectivity index (χ3n) is 3.56. The van der Waals surface area contributed by atoms with Gasteiger partial charge in [0.15, 0.2) is 5.65 Å². The van der Waals surface area contributed by atoms with E-state index >= 15 is 0 Å². The predicted molar refractivity (Wildman–Crippen MR) is 97.6 cm³/mol. The van der Waals surface area contributed by atoms with Gasteiger partial charge in [-0.1, -0.05) is 42.1 Å². The van der Waals surface area contributed by atoms with Crippen LogP contribution in [0, 0.1) is 0 Å². The molecule has 4 rings (SSSR count). The fourth-order valence-electron chi connectivity index (χ4n) is 2.38. The monoisotopic (exact) mass is 349 g/mol. The number of hydrogen-bond acceptors (Lipinski definition) is 6. The minimum Gasteiger partial charge on any atom is -0.495 e. The van der Waals surface area contributed by atoms with E-state index in [0.717, 1.165) is 21.4 Å². The molecule has 0 amide bonds. The molecule has 124 valence electrons. The van der Waals surface area contributed by atoms with Crippen LogP contribution in [0.2, 0.25) is 0 Å². The standard InChI is InChI=1S/C18H15N5OS/c1-24-15-10-6-5-9-14(15)19-18-21-20-16-11-12-17(22-23(16)18)25-13-7-3-2-4-8-13/h2-12H,1H3,(H,19,21). The Balaban J connectivity index is 1.67. The minimum atomic E-state index is 0.537. The molecule has 1 N–H and O–H groups in total. The highest BCUT2D eigenvalue weighted by Gasteiger charge is 2.10. The van der Waals surface area contributed by atoms with Crippen LogP contribution >= 0.6 is 11.8 Å². The maximum atomic E-state index is 5.36. The maximum absolute atomic E-state index is 5.36. The number of fused-ring (bicyclic) bond motifs is 1. The van der Waals surface area contributed by atoms with Crippen LogP contribution in [0.25, 0.3) is 5.65 Å². The summed E-state index contributed by atoms with van der Waals surface area (Å²) in [5.74, 6) is 1.27. The van der Waals surface area contributed by atoms with Crippen LogP contribution in [-0.2, 0) is 0 Å². The molecule has 2 heterocycles. The first kappa shape index (κ1) is 15.5. The van der Waals surface area contributed by atoms with E-state index in [2.05, 4.69) is 32.7 Å². The van der Waals surface area contributed by atoms with E-state index in [1.165, 1.54) is 0 Å². The Bertz CT molecular complexity index is 1000. The Hall–Kier alpha value is -3.06. The maximum Gasteiger partial charge on any atom is 0.250 e. The molecular formula is C18H15N5OS. The molecule has 25 heavy (non-hydrogen) atoms. The van der Waals surface area contributed by atoms with Crippen molar-refractivity contribution in [1.82, 2.24) is 19.8 Å². The third kappa shape index (κ3) is 3.27. The summed E-state index contributed by atoms with van der Waals surface area (Å²) >= 11 is 1.59. The molecule has 2 aromatic carbocycles. The number of rotatable bonds is 5. The summed E-state index contributed by atoms with van der Waals surface area (Å²) in [5, 5.41) is 17.1. The van der Waals surface area contributed by atoms with Crippen molar-refractivity contribution in [2.45, 2.75) is 9.92 Å². The highest BCUT2D eigenvalue weighted by molar-refractivity contribution is 7.99. The molecular weight excluding hydrogens is 334 g/mol. The Labute approximate surface area is 148 Å². The van der Waals surface area contributed by atoms with E-state index in [1.54, 1.807) is 23.4 Å². The summed E-state index contributed by atoms with van der Waals surface area (Å²) in [5.41, 5.74) is 1.48. The number of nitrogens with zero attached hydrogens (tertiary/aromatic N) is 4. The van der Waals surface area contributed by atoms with Gasteiger partial charge in [-0.05, 0) is 36.4 Å². The lowest BCUT2D eigenvalue weighted by atomic mass is 10.3. The molecule has 0 aliphatic heterocycles. The van der Waals surface area contributed by atoms with Crippen LogP contribution in [-0.4, -0.2) is 26.9 Å². The quantitative estimate of drug-likeness (QED) is 0.587. The van der Waals surface area contributed by atoms with Crippen molar-refractivity contribution in [3.8, 4) is 5.75 Å². The molecule has 6 nitrogen and oxygen atoms in total. The zero-order valence-corrected chi connectivity index (χ0v) is 14.3. The first-order valence-corrected chi connectivity index (χ1v) is 8.50. The Kier molecular flexibility index (Phi) is 4.22. The number of aromatic nitrogens is 4. The molecule has 0 saturated carbocycles. The molecule has 0 bridgehead atoms. The van der Waals surface area contributed by atoms with Gasteiger partial charge in [0, 0.05) is 4.90 Å². The van der Waals surface area contributed by atoms with E-state index in [0.29, 0.717) is 11.6 Å². The van der Waals surface area contributed by atoms with Crippen LogP contribution in [0.3, 0.4) is 0 Å². The number of para-hydroxylation sites is 2. The number of hydrogen-bond donors (Lipinski definition) is 1. The van der Waals surface area contributed by atoms with Gasteiger partial charge in [-0.2, -0.15) is 9.61 Å². The van der Waals surface area contributed by atoms with Gasteiger partial charge >= 0.3 is 0 Å². The zero-order chi connectivity index (χ0) is 17.1. The van der Waals surface area contributed by atoms with Gasteiger partial charge in [0.05, 0.1) is 12.8 Å². The highest BCUT2D eigenvalue weighted by atomic mass is 32.2. The molecule has 7 heteroatoms. The van der Waals surface area contributed by atoms with Gasteiger partial charge in [-0.15, -0.1) is 10.2 Å². The van der Waals surface area contributed by atoms with Gasteiger partial charge in [0.2, 0.25) is 0 Å². The van der Waals surface area contributed by atoms with Gasteiger partial charge in [-0.3, -0.25) is 0 Å². The summed E-state index contributed by atoms with van der Waals surface area (Å²) in [4.78, 5) is 1.13. The fraction of sp³-hybridized carbons (Fsp3) is 0.0556. The van der Waals surface area contributed by atoms with Crippen molar-refractivity contribution < 1.29 is 4.74 Å². The van der Waals surface area contributed by atoms with Crippen molar-refractivity contribution in [2.75, 3.05) is 12.4 Å². The van der Waals surface area contributed by atoms with Crippen molar-refractivity contribution >= 4 is 29.0 Å². The SMILES string of the molecule is COc1ccccc1Nc1nnc2ccc(Sc3ccccc3)nn12. The van der Waals surface area contributed by atoms with E-state index < -0.39 is 0 Å². The lowest BCUT2D eigenvalue weighted by molar-refractivity contribution is 0.417. The molecule has 0 atom stereocenters. The molecule has 0 aliphatic carbocycles. The van der Waals surface area contributed by atoms with Crippen LogP contribution in [0.4, 0.5) is 11.6 Å². The smallest absolute Gasteiger partial charge is 0.250 e.